The van der Waals surface area contributed by atoms with Crippen molar-refractivity contribution in [3.05, 3.63) is 24.3 Å². The first kappa shape index (κ1) is 15.2. The van der Waals surface area contributed by atoms with Crippen LogP contribution < -0.4 is 15.0 Å². The van der Waals surface area contributed by atoms with Crippen LogP contribution in [-0.2, 0) is 4.79 Å². The summed E-state index contributed by atoms with van der Waals surface area (Å²) in [7, 11) is 1.70. The van der Waals surface area contributed by atoms with Gasteiger partial charge < -0.3 is 19.9 Å². The average molecular weight is 303 g/mol. The van der Waals surface area contributed by atoms with Gasteiger partial charge in [-0.2, -0.15) is 0 Å². The van der Waals surface area contributed by atoms with Crippen LogP contribution in [-0.4, -0.2) is 56.7 Å². The van der Waals surface area contributed by atoms with E-state index in [9.17, 15) is 4.79 Å². The number of benzene rings is 1. The van der Waals surface area contributed by atoms with Gasteiger partial charge in [0.25, 0.3) is 0 Å². The van der Waals surface area contributed by atoms with Gasteiger partial charge in [0.2, 0.25) is 5.91 Å². The Hall–Kier alpha value is -1.75. The van der Waals surface area contributed by atoms with Crippen LogP contribution in [0.4, 0.5) is 5.69 Å². The molecule has 1 amide bonds. The molecule has 0 radical (unpaired) electrons. The van der Waals surface area contributed by atoms with Crippen molar-refractivity contribution in [2.24, 2.45) is 0 Å². The smallest absolute Gasteiger partial charge is 0.224 e. The summed E-state index contributed by atoms with van der Waals surface area (Å²) in [6.45, 7) is 4.38. The van der Waals surface area contributed by atoms with E-state index in [0.29, 0.717) is 18.4 Å². The Balaban J connectivity index is 1.54. The predicted octanol–water partition coefficient (Wildman–Crippen LogP) is 1.49. The highest BCUT2D eigenvalue weighted by molar-refractivity contribution is 5.77. The van der Waals surface area contributed by atoms with Crippen molar-refractivity contribution < 1.29 is 9.53 Å². The summed E-state index contributed by atoms with van der Waals surface area (Å²) in [5, 5.41) is 3.40. The maximum Gasteiger partial charge on any atom is 0.224 e. The molecule has 0 aromatic heterocycles. The fraction of sp³-hybridized carbons (Fsp3) is 0.588. The number of anilines is 1. The highest BCUT2D eigenvalue weighted by atomic mass is 16.5. The molecule has 1 aromatic carbocycles. The second-order valence-corrected chi connectivity index (χ2v) is 6.04. The van der Waals surface area contributed by atoms with Crippen molar-refractivity contribution in [1.82, 2.24) is 10.2 Å². The molecule has 1 aromatic rings. The molecule has 2 aliphatic rings. The molecule has 3 rings (SSSR count). The van der Waals surface area contributed by atoms with Gasteiger partial charge >= 0.3 is 0 Å². The van der Waals surface area contributed by atoms with Crippen LogP contribution in [0.3, 0.4) is 0 Å². The number of hydrogen-bond donors (Lipinski definition) is 1. The maximum atomic E-state index is 12.4. The number of carbonyl (C=O) groups is 1. The molecule has 0 spiro atoms. The lowest BCUT2D eigenvalue weighted by atomic mass is 10.1. The highest BCUT2D eigenvalue weighted by Crippen LogP contribution is 2.28. The monoisotopic (exact) mass is 303 g/mol. The number of hydrogen-bond acceptors (Lipinski definition) is 4. The van der Waals surface area contributed by atoms with Gasteiger partial charge in [-0.3, -0.25) is 4.79 Å². The molecule has 5 nitrogen and oxygen atoms in total. The number of methoxy groups -OCH3 is 1. The molecule has 5 heteroatoms. The third-order valence-electron chi connectivity index (χ3n) is 4.64. The molecule has 0 aliphatic carbocycles. The third kappa shape index (κ3) is 3.35. The first-order valence-electron chi connectivity index (χ1n) is 8.17. The number of piperazine rings is 1. The van der Waals surface area contributed by atoms with Crippen molar-refractivity contribution in [2.45, 2.75) is 25.3 Å². The first-order valence-corrected chi connectivity index (χ1v) is 8.17. The zero-order valence-corrected chi connectivity index (χ0v) is 13.3. The van der Waals surface area contributed by atoms with Crippen molar-refractivity contribution in [1.29, 1.82) is 0 Å². The number of amides is 1. The molecular weight excluding hydrogens is 278 g/mol. The summed E-state index contributed by atoms with van der Waals surface area (Å²) in [6.07, 6.45) is 2.97. The summed E-state index contributed by atoms with van der Waals surface area (Å²) >= 11 is 0. The Morgan fingerprint density at radius 2 is 2.05 bits per heavy atom. The van der Waals surface area contributed by atoms with Crippen LogP contribution >= 0.6 is 0 Å². The molecule has 2 saturated heterocycles. The van der Waals surface area contributed by atoms with E-state index < -0.39 is 0 Å². The van der Waals surface area contributed by atoms with Crippen molar-refractivity contribution in [3.63, 3.8) is 0 Å². The summed E-state index contributed by atoms with van der Waals surface area (Å²) in [4.78, 5) is 16.7. The van der Waals surface area contributed by atoms with E-state index in [4.69, 9.17) is 4.74 Å². The normalized spacial score (nSPS) is 22.0. The first-order chi connectivity index (χ1) is 10.8. The van der Waals surface area contributed by atoms with Crippen molar-refractivity contribution in [2.75, 3.05) is 44.7 Å². The van der Waals surface area contributed by atoms with E-state index in [-0.39, 0.29) is 0 Å². The number of para-hydroxylation sites is 2. The predicted molar refractivity (Wildman–Crippen MR) is 87.4 cm³/mol. The minimum Gasteiger partial charge on any atom is -0.495 e. The van der Waals surface area contributed by atoms with Crippen LogP contribution in [0.25, 0.3) is 0 Å². The van der Waals surface area contributed by atoms with E-state index in [1.807, 2.05) is 23.1 Å². The van der Waals surface area contributed by atoms with E-state index in [1.54, 1.807) is 7.11 Å². The average Bonchev–Trinajstić information content (AvgIpc) is 3.08. The van der Waals surface area contributed by atoms with Gasteiger partial charge in [-0.1, -0.05) is 12.1 Å². The molecule has 2 heterocycles. The van der Waals surface area contributed by atoms with E-state index in [0.717, 1.165) is 50.6 Å². The highest BCUT2D eigenvalue weighted by Gasteiger charge is 2.25. The molecule has 1 unspecified atom stereocenters. The molecule has 0 saturated carbocycles. The van der Waals surface area contributed by atoms with Gasteiger partial charge in [0, 0.05) is 38.6 Å². The summed E-state index contributed by atoms with van der Waals surface area (Å²) in [5.41, 5.74) is 1.12. The Morgan fingerprint density at radius 1 is 1.27 bits per heavy atom. The standard InChI is InChI=1S/C17H25N3O2/c1-22-16-7-3-2-6-15(16)19-9-11-20(12-10-19)17(21)13-14-5-4-8-18-14/h2-3,6-7,14,18H,4-5,8-13H2,1H3. The number of nitrogens with zero attached hydrogens (tertiary/aromatic N) is 2. The van der Waals surface area contributed by atoms with Gasteiger partial charge in [0.05, 0.1) is 12.8 Å². The SMILES string of the molecule is COc1ccccc1N1CCN(C(=O)CC2CCCN2)CC1. The van der Waals surface area contributed by atoms with Gasteiger partial charge in [-0.05, 0) is 31.5 Å². The van der Waals surface area contributed by atoms with Gasteiger partial charge in [0.1, 0.15) is 5.75 Å². The van der Waals surface area contributed by atoms with Crippen LogP contribution in [0.15, 0.2) is 24.3 Å². The Morgan fingerprint density at radius 3 is 2.73 bits per heavy atom. The molecular formula is C17H25N3O2. The second-order valence-electron chi connectivity index (χ2n) is 6.04. The van der Waals surface area contributed by atoms with Gasteiger partial charge in [-0.25, -0.2) is 0 Å². The van der Waals surface area contributed by atoms with Crippen molar-refractivity contribution >= 4 is 11.6 Å². The Labute approximate surface area is 132 Å². The largest absolute Gasteiger partial charge is 0.495 e. The van der Waals surface area contributed by atoms with Crippen LogP contribution in [0.2, 0.25) is 0 Å². The van der Waals surface area contributed by atoms with Crippen LogP contribution in [0.5, 0.6) is 5.75 Å². The Bertz CT molecular complexity index is 506. The molecule has 0 bridgehead atoms. The molecule has 22 heavy (non-hydrogen) atoms. The van der Waals surface area contributed by atoms with Crippen LogP contribution in [0.1, 0.15) is 19.3 Å². The van der Waals surface area contributed by atoms with E-state index in [1.165, 1.54) is 6.42 Å². The maximum absolute atomic E-state index is 12.4. The second kappa shape index (κ2) is 7.01. The lowest BCUT2D eigenvalue weighted by molar-refractivity contribution is -0.131. The zero-order chi connectivity index (χ0) is 15.4. The summed E-state index contributed by atoms with van der Waals surface area (Å²) in [6, 6.07) is 8.47. The summed E-state index contributed by atoms with van der Waals surface area (Å²) in [5.74, 6) is 1.19. The zero-order valence-electron chi connectivity index (χ0n) is 13.3. The van der Waals surface area contributed by atoms with Crippen molar-refractivity contribution in [3.8, 4) is 5.75 Å². The third-order valence-corrected chi connectivity index (χ3v) is 4.64. The lowest BCUT2D eigenvalue weighted by Crippen LogP contribution is -2.49. The fourth-order valence-corrected chi connectivity index (χ4v) is 3.36. The molecule has 1 N–H and O–H groups in total. The molecule has 1 atom stereocenters. The minimum absolute atomic E-state index is 0.291. The van der Waals surface area contributed by atoms with E-state index >= 15 is 0 Å². The quantitative estimate of drug-likeness (QED) is 0.915. The molecule has 2 fully saturated rings. The number of ether oxygens (including phenoxy) is 1. The minimum atomic E-state index is 0.291. The van der Waals surface area contributed by atoms with E-state index in [2.05, 4.69) is 16.3 Å². The van der Waals surface area contributed by atoms with Gasteiger partial charge in [0.15, 0.2) is 0 Å². The Kier molecular flexibility index (Phi) is 4.83. The lowest BCUT2D eigenvalue weighted by Gasteiger charge is -2.37. The molecule has 2 aliphatic heterocycles. The number of carbonyl (C=O) groups excluding carboxylic acids is 1. The number of rotatable bonds is 4. The van der Waals surface area contributed by atoms with Crippen LogP contribution in [0, 0.1) is 0 Å². The fourth-order valence-electron chi connectivity index (χ4n) is 3.36. The number of nitrogens with one attached hydrogen (secondary N) is 1. The summed E-state index contributed by atoms with van der Waals surface area (Å²) < 4.78 is 5.43. The topological polar surface area (TPSA) is 44.8 Å². The van der Waals surface area contributed by atoms with Gasteiger partial charge in [-0.15, -0.1) is 0 Å². The molecule has 120 valence electrons.